The lowest BCUT2D eigenvalue weighted by Crippen LogP contribution is -2.43. The number of alkyl halides is 3. The van der Waals surface area contributed by atoms with Gasteiger partial charge in [-0.2, -0.15) is 13.2 Å². The number of nitrogens with one attached hydrogen (secondary N) is 2. The Morgan fingerprint density at radius 1 is 1.23 bits per heavy atom. The Labute approximate surface area is 192 Å². The van der Waals surface area contributed by atoms with E-state index in [1.807, 2.05) is 0 Å². The summed E-state index contributed by atoms with van der Waals surface area (Å²) in [6.07, 6.45) is -0.933. The number of nitrogens with two attached hydrogens (primary N) is 1. The second-order valence-corrected chi connectivity index (χ2v) is 7.27. The molecule has 30 heavy (non-hydrogen) atoms. The summed E-state index contributed by atoms with van der Waals surface area (Å²) in [5, 5.41) is 6.40. The number of amides is 1. The number of guanidine groups is 1. The predicted molar refractivity (Wildman–Crippen MR) is 123 cm³/mol. The smallest absolute Gasteiger partial charge is 0.369 e. The first kappa shape index (κ1) is 26.5. The van der Waals surface area contributed by atoms with Crippen molar-refractivity contribution in [1.29, 1.82) is 0 Å². The number of halogens is 4. The maximum Gasteiger partial charge on any atom is 0.416 e. The zero-order chi connectivity index (χ0) is 21.3. The van der Waals surface area contributed by atoms with Crippen molar-refractivity contribution in [3.8, 4) is 0 Å². The number of rotatable bonds is 8. The van der Waals surface area contributed by atoms with Crippen LogP contribution in [0.3, 0.4) is 0 Å². The molecule has 0 spiro atoms. The number of primary amides is 1. The first-order valence-electron chi connectivity index (χ1n) is 9.92. The number of carbonyl (C=O) groups is 1. The molecule has 0 aromatic heterocycles. The lowest BCUT2D eigenvalue weighted by molar-refractivity contribution is -0.137. The Bertz CT molecular complexity index is 682. The van der Waals surface area contributed by atoms with Gasteiger partial charge in [0.05, 0.1) is 11.5 Å². The van der Waals surface area contributed by atoms with E-state index in [1.165, 1.54) is 12.1 Å². The molecule has 0 saturated carbocycles. The van der Waals surface area contributed by atoms with Gasteiger partial charge in [0.15, 0.2) is 5.96 Å². The molecule has 1 unspecified atom stereocenters. The number of hydrogen-bond acceptors (Lipinski definition) is 3. The van der Waals surface area contributed by atoms with Gasteiger partial charge in [0.2, 0.25) is 5.91 Å². The van der Waals surface area contributed by atoms with E-state index in [0.717, 1.165) is 63.1 Å². The minimum absolute atomic E-state index is 0. The zero-order valence-corrected chi connectivity index (χ0v) is 19.5. The average molecular weight is 541 g/mol. The van der Waals surface area contributed by atoms with Gasteiger partial charge in [-0.25, -0.2) is 0 Å². The molecular formula is C20H31F3IN5O. The van der Waals surface area contributed by atoms with E-state index in [2.05, 4.69) is 20.5 Å². The van der Waals surface area contributed by atoms with Crippen LogP contribution in [0.25, 0.3) is 0 Å². The summed E-state index contributed by atoms with van der Waals surface area (Å²) in [4.78, 5) is 17.8. The highest BCUT2D eigenvalue weighted by atomic mass is 127. The zero-order valence-electron chi connectivity index (χ0n) is 17.2. The first-order valence-corrected chi connectivity index (χ1v) is 9.92. The third-order valence-electron chi connectivity index (χ3n) is 5.06. The highest BCUT2D eigenvalue weighted by molar-refractivity contribution is 14.0. The van der Waals surface area contributed by atoms with Gasteiger partial charge in [0.25, 0.3) is 0 Å². The van der Waals surface area contributed by atoms with Crippen molar-refractivity contribution in [3.05, 3.63) is 35.4 Å². The lowest BCUT2D eigenvalue weighted by Gasteiger charge is -2.31. The summed E-state index contributed by atoms with van der Waals surface area (Å²) >= 11 is 0. The van der Waals surface area contributed by atoms with Gasteiger partial charge in [0.1, 0.15) is 0 Å². The number of likely N-dealkylation sites (tertiary alicyclic amines) is 1. The molecule has 1 fully saturated rings. The summed E-state index contributed by atoms with van der Waals surface area (Å²) in [5.41, 5.74) is 5.60. The number of benzene rings is 1. The standard InChI is InChI=1S/C20H30F3N5O.HI/c1-25-19(26-10-3-13-28-12-2-4-16(14-28)18(24)29)27-11-9-15-5-7-17(8-6-15)20(21,22)23;/h5-8,16H,2-4,9-14H2,1H3,(H2,24,29)(H2,25,26,27);1H. The van der Waals surface area contributed by atoms with Crippen molar-refractivity contribution < 1.29 is 18.0 Å². The van der Waals surface area contributed by atoms with Gasteiger partial charge in [-0.3, -0.25) is 9.79 Å². The minimum atomic E-state index is -4.31. The number of aliphatic imine (C=N–C) groups is 1. The number of hydrogen-bond donors (Lipinski definition) is 3. The second kappa shape index (κ2) is 13.0. The number of piperidine rings is 1. The van der Waals surface area contributed by atoms with Crippen LogP contribution in [0.5, 0.6) is 0 Å². The molecular weight excluding hydrogens is 510 g/mol. The summed E-state index contributed by atoms with van der Waals surface area (Å²) in [6.45, 7) is 3.91. The van der Waals surface area contributed by atoms with E-state index >= 15 is 0 Å². The summed E-state index contributed by atoms with van der Waals surface area (Å²) in [6, 6.07) is 5.20. The lowest BCUT2D eigenvalue weighted by atomic mass is 9.97. The van der Waals surface area contributed by atoms with E-state index < -0.39 is 11.7 Å². The Hall–Kier alpha value is -1.56. The van der Waals surface area contributed by atoms with Crippen LogP contribution in [0, 0.1) is 5.92 Å². The van der Waals surface area contributed by atoms with E-state index in [4.69, 9.17) is 5.73 Å². The fourth-order valence-corrected chi connectivity index (χ4v) is 3.41. The van der Waals surface area contributed by atoms with Gasteiger partial charge < -0.3 is 21.3 Å². The first-order chi connectivity index (χ1) is 13.8. The molecule has 1 amide bonds. The second-order valence-electron chi connectivity index (χ2n) is 7.27. The molecule has 0 bridgehead atoms. The predicted octanol–water partition coefficient (Wildman–Crippen LogP) is 2.62. The van der Waals surface area contributed by atoms with Crippen LogP contribution in [0.4, 0.5) is 13.2 Å². The molecule has 1 aromatic carbocycles. The highest BCUT2D eigenvalue weighted by Gasteiger charge is 2.29. The molecule has 0 aliphatic carbocycles. The molecule has 10 heteroatoms. The molecule has 170 valence electrons. The molecule has 0 radical (unpaired) electrons. The summed E-state index contributed by atoms with van der Waals surface area (Å²) in [7, 11) is 1.68. The average Bonchev–Trinajstić information content (AvgIpc) is 2.69. The maximum absolute atomic E-state index is 12.6. The quantitative estimate of drug-likeness (QED) is 0.205. The molecule has 1 saturated heterocycles. The molecule has 4 N–H and O–H groups in total. The molecule has 1 aliphatic heterocycles. The Balaban J connectivity index is 0.00000450. The van der Waals surface area contributed by atoms with Crippen LogP contribution in [0.15, 0.2) is 29.3 Å². The Morgan fingerprint density at radius 3 is 2.50 bits per heavy atom. The van der Waals surface area contributed by atoms with Gasteiger partial charge in [-0.1, -0.05) is 12.1 Å². The van der Waals surface area contributed by atoms with E-state index in [9.17, 15) is 18.0 Å². The fraction of sp³-hybridized carbons (Fsp3) is 0.600. The Kier molecular flexibility index (Phi) is 11.5. The largest absolute Gasteiger partial charge is 0.416 e. The molecule has 1 atom stereocenters. The van der Waals surface area contributed by atoms with Gasteiger partial charge in [0, 0.05) is 26.7 Å². The molecule has 1 aliphatic rings. The SMILES string of the molecule is CN=C(NCCCN1CCCC(C(N)=O)C1)NCCc1ccc(C(F)(F)F)cc1.I. The van der Waals surface area contributed by atoms with Crippen LogP contribution in [0.2, 0.25) is 0 Å². The van der Waals surface area contributed by atoms with Crippen molar-refractivity contribution >= 4 is 35.8 Å². The highest BCUT2D eigenvalue weighted by Crippen LogP contribution is 2.29. The fourth-order valence-electron chi connectivity index (χ4n) is 3.41. The van der Waals surface area contributed by atoms with E-state index in [-0.39, 0.29) is 35.8 Å². The van der Waals surface area contributed by atoms with Crippen molar-refractivity contribution in [3.63, 3.8) is 0 Å². The van der Waals surface area contributed by atoms with Gasteiger partial charge >= 0.3 is 6.18 Å². The van der Waals surface area contributed by atoms with Gasteiger partial charge in [-0.05, 0) is 56.5 Å². The summed E-state index contributed by atoms with van der Waals surface area (Å²) in [5.74, 6) is 0.396. The molecule has 6 nitrogen and oxygen atoms in total. The maximum atomic E-state index is 12.6. The van der Waals surface area contributed by atoms with Gasteiger partial charge in [-0.15, -0.1) is 24.0 Å². The monoisotopic (exact) mass is 541 g/mol. The third-order valence-corrected chi connectivity index (χ3v) is 5.06. The Morgan fingerprint density at radius 2 is 1.90 bits per heavy atom. The molecule has 1 heterocycles. The summed E-state index contributed by atoms with van der Waals surface area (Å²) < 4.78 is 37.8. The topological polar surface area (TPSA) is 82.8 Å². The van der Waals surface area contributed by atoms with Crippen molar-refractivity contribution in [2.45, 2.75) is 31.9 Å². The van der Waals surface area contributed by atoms with Crippen LogP contribution in [-0.2, 0) is 17.4 Å². The number of carbonyl (C=O) groups excluding carboxylic acids is 1. The van der Waals surface area contributed by atoms with Crippen LogP contribution in [-0.4, -0.2) is 56.5 Å². The van der Waals surface area contributed by atoms with Crippen molar-refractivity contribution in [2.75, 3.05) is 39.8 Å². The van der Waals surface area contributed by atoms with Crippen LogP contribution >= 0.6 is 24.0 Å². The van der Waals surface area contributed by atoms with Crippen molar-refractivity contribution in [2.24, 2.45) is 16.6 Å². The number of nitrogens with zero attached hydrogens (tertiary/aromatic N) is 2. The van der Waals surface area contributed by atoms with Crippen LogP contribution < -0.4 is 16.4 Å². The van der Waals surface area contributed by atoms with E-state index in [1.54, 1.807) is 7.05 Å². The third kappa shape index (κ3) is 9.07. The van der Waals surface area contributed by atoms with Crippen LogP contribution in [0.1, 0.15) is 30.4 Å². The normalized spacial score (nSPS) is 17.9. The van der Waals surface area contributed by atoms with Crippen molar-refractivity contribution in [1.82, 2.24) is 15.5 Å². The molecule has 2 rings (SSSR count). The minimum Gasteiger partial charge on any atom is -0.369 e. The van der Waals surface area contributed by atoms with E-state index in [0.29, 0.717) is 18.9 Å². The molecule has 1 aromatic rings.